The summed E-state index contributed by atoms with van der Waals surface area (Å²) in [6.07, 6.45) is 1.90. The Labute approximate surface area is 127 Å². The average molecular weight is 284 g/mol. The first-order valence-corrected chi connectivity index (χ1v) is 7.58. The molecule has 1 aromatic carbocycles. The molecule has 1 aromatic heterocycles. The zero-order valence-electron chi connectivity index (χ0n) is 13.3. The van der Waals surface area contributed by atoms with E-state index in [-0.39, 0.29) is 0 Å². The third-order valence-corrected chi connectivity index (χ3v) is 3.30. The molecule has 2 rings (SSSR count). The van der Waals surface area contributed by atoms with Crippen molar-refractivity contribution < 1.29 is 0 Å². The number of hydrogen-bond donors (Lipinski definition) is 2. The van der Waals surface area contributed by atoms with Gasteiger partial charge in [0, 0.05) is 24.7 Å². The van der Waals surface area contributed by atoms with Crippen LogP contribution in [0.1, 0.15) is 37.2 Å². The number of benzene rings is 1. The van der Waals surface area contributed by atoms with Crippen molar-refractivity contribution in [3.63, 3.8) is 0 Å². The van der Waals surface area contributed by atoms with E-state index in [2.05, 4.69) is 66.5 Å². The van der Waals surface area contributed by atoms with Gasteiger partial charge in [0.05, 0.1) is 0 Å². The van der Waals surface area contributed by atoms with Gasteiger partial charge in [0.2, 0.25) is 0 Å². The van der Waals surface area contributed by atoms with Crippen molar-refractivity contribution in [1.29, 1.82) is 0 Å². The van der Waals surface area contributed by atoms with Gasteiger partial charge in [0.1, 0.15) is 17.5 Å². The van der Waals surface area contributed by atoms with E-state index in [0.717, 1.165) is 42.5 Å². The largest absolute Gasteiger partial charge is 0.370 e. The maximum atomic E-state index is 4.56. The molecule has 0 saturated carbocycles. The van der Waals surface area contributed by atoms with E-state index in [4.69, 9.17) is 0 Å². The predicted octanol–water partition coefficient (Wildman–Crippen LogP) is 4.22. The fourth-order valence-corrected chi connectivity index (χ4v) is 2.07. The molecule has 0 radical (unpaired) electrons. The van der Waals surface area contributed by atoms with E-state index in [0.29, 0.717) is 0 Å². The molecule has 0 aliphatic rings. The number of rotatable bonds is 6. The summed E-state index contributed by atoms with van der Waals surface area (Å²) in [5.41, 5.74) is 3.54. The van der Waals surface area contributed by atoms with E-state index in [9.17, 15) is 0 Å². The molecule has 0 spiro atoms. The summed E-state index contributed by atoms with van der Waals surface area (Å²) in [5.74, 6) is 2.58. The van der Waals surface area contributed by atoms with Crippen LogP contribution < -0.4 is 10.6 Å². The molecule has 4 heteroatoms. The van der Waals surface area contributed by atoms with Crippen LogP contribution >= 0.6 is 0 Å². The molecule has 112 valence electrons. The molecule has 2 N–H and O–H groups in total. The smallest absolute Gasteiger partial charge is 0.136 e. The lowest BCUT2D eigenvalue weighted by Gasteiger charge is -2.12. The zero-order chi connectivity index (χ0) is 15.2. The monoisotopic (exact) mass is 284 g/mol. The van der Waals surface area contributed by atoms with Crippen LogP contribution in [-0.2, 0) is 6.42 Å². The summed E-state index contributed by atoms with van der Waals surface area (Å²) in [7, 11) is 0. The van der Waals surface area contributed by atoms with Crippen molar-refractivity contribution in [3.8, 4) is 0 Å². The second kappa shape index (κ2) is 7.07. The van der Waals surface area contributed by atoms with Crippen molar-refractivity contribution in [2.24, 2.45) is 0 Å². The van der Waals surface area contributed by atoms with E-state index in [1.165, 1.54) is 11.1 Å². The van der Waals surface area contributed by atoms with Crippen molar-refractivity contribution in [1.82, 2.24) is 9.97 Å². The van der Waals surface area contributed by atoms with Crippen LogP contribution in [0.5, 0.6) is 0 Å². The number of nitrogens with zero attached hydrogens (tertiary/aromatic N) is 2. The Morgan fingerprint density at radius 3 is 2.48 bits per heavy atom. The Bertz CT molecular complexity index is 608. The molecule has 0 saturated heterocycles. The van der Waals surface area contributed by atoms with Gasteiger partial charge in [-0.2, -0.15) is 0 Å². The fraction of sp³-hybridized carbons (Fsp3) is 0.412. The first kappa shape index (κ1) is 15.3. The van der Waals surface area contributed by atoms with Gasteiger partial charge in [-0.05, 0) is 37.5 Å². The van der Waals surface area contributed by atoms with Crippen LogP contribution in [0.25, 0.3) is 0 Å². The number of aromatic nitrogens is 2. The minimum Gasteiger partial charge on any atom is -0.370 e. The lowest BCUT2D eigenvalue weighted by Crippen LogP contribution is -2.07. The molecule has 1 heterocycles. The molecule has 0 bridgehead atoms. The third kappa shape index (κ3) is 4.18. The van der Waals surface area contributed by atoms with E-state index >= 15 is 0 Å². The standard InChI is InChI=1S/C17H24N4/c1-5-9-18-16-11-17(21-15(6-2)20-16)19-14-10-12(3)7-8-13(14)4/h7-8,10-11H,5-6,9H2,1-4H3,(H2,18,19,20,21). The summed E-state index contributed by atoms with van der Waals surface area (Å²) < 4.78 is 0. The Kier molecular flexibility index (Phi) is 5.14. The zero-order valence-corrected chi connectivity index (χ0v) is 13.3. The summed E-state index contributed by atoms with van der Waals surface area (Å²) in [6.45, 7) is 9.32. The lowest BCUT2D eigenvalue weighted by molar-refractivity contribution is 0.919. The molecule has 21 heavy (non-hydrogen) atoms. The molecule has 0 fully saturated rings. The van der Waals surface area contributed by atoms with Crippen LogP contribution in [0.2, 0.25) is 0 Å². The normalized spacial score (nSPS) is 10.5. The average Bonchev–Trinajstić information content (AvgIpc) is 2.48. The van der Waals surface area contributed by atoms with E-state index in [1.807, 2.05) is 6.07 Å². The molecule has 0 aliphatic carbocycles. The molecule has 2 aromatic rings. The summed E-state index contributed by atoms with van der Waals surface area (Å²) >= 11 is 0. The Morgan fingerprint density at radius 2 is 1.76 bits per heavy atom. The SMILES string of the molecule is CCCNc1cc(Nc2cc(C)ccc2C)nc(CC)n1. The predicted molar refractivity (Wildman–Crippen MR) is 89.4 cm³/mol. The van der Waals surface area contributed by atoms with Crippen LogP contribution in [0.3, 0.4) is 0 Å². The minimum atomic E-state index is 0.823. The van der Waals surface area contributed by atoms with Gasteiger partial charge >= 0.3 is 0 Å². The van der Waals surface area contributed by atoms with Gasteiger partial charge in [-0.1, -0.05) is 26.0 Å². The molecule has 0 atom stereocenters. The molecule has 0 unspecified atom stereocenters. The summed E-state index contributed by atoms with van der Waals surface area (Å²) in [4.78, 5) is 9.07. The summed E-state index contributed by atoms with van der Waals surface area (Å²) in [5, 5.41) is 6.74. The number of hydrogen-bond acceptors (Lipinski definition) is 4. The molecular formula is C17H24N4. The Balaban J connectivity index is 2.27. The van der Waals surface area contributed by atoms with E-state index < -0.39 is 0 Å². The van der Waals surface area contributed by atoms with Crippen molar-refractivity contribution >= 4 is 17.3 Å². The maximum absolute atomic E-state index is 4.56. The lowest BCUT2D eigenvalue weighted by atomic mass is 10.1. The van der Waals surface area contributed by atoms with Crippen molar-refractivity contribution in [2.75, 3.05) is 17.2 Å². The quantitative estimate of drug-likeness (QED) is 0.833. The molecule has 4 nitrogen and oxygen atoms in total. The molecular weight excluding hydrogens is 260 g/mol. The van der Waals surface area contributed by atoms with Gasteiger partial charge in [0.15, 0.2) is 0 Å². The first-order chi connectivity index (χ1) is 10.1. The first-order valence-electron chi connectivity index (χ1n) is 7.58. The molecule has 0 aliphatic heterocycles. The van der Waals surface area contributed by atoms with Crippen molar-refractivity contribution in [2.45, 2.75) is 40.5 Å². The number of aryl methyl sites for hydroxylation is 3. The van der Waals surface area contributed by atoms with Gasteiger partial charge in [-0.25, -0.2) is 9.97 Å². The highest BCUT2D eigenvalue weighted by atomic mass is 15.1. The van der Waals surface area contributed by atoms with Gasteiger partial charge in [-0.15, -0.1) is 0 Å². The van der Waals surface area contributed by atoms with Crippen LogP contribution in [0.4, 0.5) is 17.3 Å². The number of anilines is 3. The van der Waals surface area contributed by atoms with Gasteiger partial charge in [0.25, 0.3) is 0 Å². The Hall–Kier alpha value is -2.10. The fourth-order valence-electron chi connectivity index (χ4n) is 2.07. The topological polar surface area (TPSA) is 49.8 Å². The van der Waals surface area contributed by atoms with Crippen LogP contribution in [0, 0.1) is 13.8 Å². The van der Waals surface area contributed by atoms with Crippen LogP contribution in [-0.4, -0.2) is 16.5 Å². The second-order valence-electron chi connectivity index (χ2n) is 5.28. The second-order valence-corrected chi connectivity index (χ2v) is 5.28. The van der Waals surface area contributed by atoms with Crippen molar-refractivity contribution in [3.05, 3.63) is 41.2 Å². The summed E-state index contributed by atoms with van der Waals surface area (Å²) in [6, 6.07) is 8.35. The van der Waals surface area contributed by atoms with E-state index in [1.54, 1.807) is 0 Å². The highest BCUT2D eigenvalue weighted by Crippen LogP contribution is 2.22. The van der Waals surface area contributed by atoms with Gasteiger partial charge in [-0.3, -0.25) is 0 Å². The molecule has 0 amide bonds. The third-order valence-electron chi connectivity index (χ3n) is 3.30. The highest BCUT2D eigenvalue weighted by Gasteiger charge is 2.05. The van der Waals surface area contributed by atoms with Crippen LogP contribution in [0.15, 0.2) is 24.3 Å². The minimum absolute atomic E-state index is 0.823. The Morgan fingerprint density at radius 1 is 1.00 bits per heavy atom. The maximum Gasteiger partial charge on any atom is 0.136 e. The highest BCUT2D eigenvalue weighted by molar-refractivity contribution is 5.63. The number of nitrogens with one attached hydrogen (secondary N) is 2. The van der Waals surface area contributed by atoms with Gasteiger partial charge < -0.3 is 10.6 Å².